The first kappa shape index (κ1) is 18.4. The van der Waals surface area contributed by atoms with E-state index in [1.54, 1.807) is 0 Å². The maximum atomic E-state index is 12.2. The van der Waals surface area contributed by atoms with Gasteiger partial charge in [-0.25, -0.2) is 13.2 Å². The fraction of sp³-hybridized carbons (Fsp3) is 0.125. The molecule has 1 amide bonds. The fourth-order valence-corrected chi connectivity index (χ4v) is 4.48. The molecule has 0 radical (unpaired) electrons. The Morgan fingerprint density at radius 2 is 1.88 bits per heavy atom. The first-order valence-electron chi connectivity index (χ1n) is 7.38. The summed E-state index contributed by atoms with van der Waals surface area (Å²) in [6.07, 6.45) is 0. The number of aromatic carboxylic acids is 1. The van der Waals surface area contributed by atoms with E-state index in [1.807, 2.05) is 0 Å². The molecule has 10 heteroatoms. The Hall–Kier alpha value is -2.36. The van der Waals surface area contributed by atoms with Crippen molar-refractivity contribution in [2.45, 2.75) is 4.90 Å². The Morgan fingerprint density at radius 1 is 1.19 bits per heavy atom. The van der Waals surface area contributed by atoms with E-state index in [4.69, 9.17) is 16.7 Å². The van der Waals surface area contributed by atoms with Crippen molar-refractivity contribution in [1.82, 2.24) is 10.3 Å². The van der Waals surface area contributed by atoms with Crippen molar-refractivity contribution >= 4 is 54.9 Å². The lowest BCUT2D eigenvalue weighted by Crippen LogP contribution is -2.29. The standard InChI is InChI=1S/C16H13ClN2O5S2/c17-9-1-3-10(4-2-9)26(23,24)6-5-18-15(20)12-8-13-11(19-12)7-14(25-13)16(21)22/h1-4,7-8,19H,5-6H2,(H,18,20)(H,21,22). The van der Waals surface area contributed by atoms with Crippen molar-refractivity contribution in [2.75, 3.05) is 12.3 Å². The highest BCUT2D eigenvalue weighted by molar-refractivity contribution is 7.91. The first-order chi connectivity index (χ1) is 12.3. The number of carbonyl (C=O) groups is 2. The molecule has 0 aliphatic rings. The number of aromatic amines is 1. The van der Waals surface area contributed by atoms with Gasteiger partial charge in [0.2, 0.25) is 0 Å². The molecule has 26 heavy (non-hydrogen) atoms. The average molecular weight is 413 g/mol. The summed E-state index contributed by atoms with van der Waals surface area (Å²) in [5.74, 6) is -1.74. The molecule has 0 unspecified atom stereocenters. The Labute approximate surface area is 157 Å². The predicted molar refractivity (Wildman–Crippen MR) is 99.0 cm³/mol. The molecule has 0 spiro atoms. The van der Waals surface area contributed by atoms with Crippen LogP contribution in [0.5, 0.6) is 0 Å². The van der Waals surface area contributed by atoms with Crippen molar-refractivity contribution in [3.63, 3.8) is 0 Å². The number of nitrogens with one attached hydrogen (secondary N) is 2. The number of rotatable bonds is 6. The summed E-state index contributed by atoms with van der Waals surface area (Å²) in [6, 6.07) is 8.80. The van der Waals surface area contributed by atoms with Crippen molar-refractivity contribution in [1.29, 1.82) is 0 Å². The van der Waals surface area contributed by atoms with Gasteiger partial charge < -0.3 is 15.4 Å². The van der Waals surface area contributed by atoms with Crippen LogP contribution >= 0.6 is 22.9 Å². The molecular weight excluding hydrogens is 400 g/mol. The van der Waals surface area contributed by atoms with Crippen LogP contribution in [0.25, 0.3) is 10.2 Å². The summed E-state index contributed by atoms with van der Waals surface area (Å²) in [7, 11) is -3.53. The minimum Gasteiger partial charge on any atom is -0.477 e. The summed E-state index contributed by atoms with van der Waals surface area (Å²) < 4.78 is 25.1. The summed E-state index contributed by atoms with van der Waals surface area (Å²) in [6.45, 7) is -0.0587. The number of thiophene rings is 1. The molecule has 0 aliphatic heterocycles. The molecule has 136 valence electrons. The van der Waals surface area contributed by atoms with E-state index >= 15 is 0 Å². The second-order valence-corrected chi connectivity index (χ2v) is 9.03. The molecule has 2 heterocycles. The number of aromatic nitrogens is 1. The van der Waals surface area contributed by atoms with E-state index in [0.717, 1.165) is 11.3 Å². The topological polar surface area (TPSA) is 116 Å². The van der Waals surface area contributed by atoms with Gasteiger partial charge in [-0.1, -0.05) is 11.6 Å². The van der Waals surface area contributed by atoms with Gasteiger partial charge in [0.15, 0.2) is 9.84 Å². The van der Waals surface area contributed by atoms with Crippen molar-refractivity contribution < 1.29 is 23.1 Å². The van der Waals surface area contributed by atoms with Gasteiger partial charge >= 0.3 is 5.97 Å². The van der Waals surface area contributed by atoms with E-state index in [0.29, 0.717) is 15.2 Å². The molecule has 1 aromatic carbocycles. The normalized spacial score (nSPS) is 11.6. The van der Waals surface area contributed by atoms with E-state index in [-0.39, 0.29) is 27.8 Å². The average Bonchev–Trinajstić information content (AvgIpc) is 3.14. The molecule has 0 fully saturated rings. The van der Waals surface area contributed by atoms with Crippen molar-refractivity contribution in [3.8, 4) is 0 Å². The molecule has 3 N–H and O–H groups in total. The lowest BCUT2D eigenvalue weighted by atomic mass is 10.4. The number of carbonyl (C=O) groups excluding carboxylic acids is 1. The van der Waals surface area contributed by atoms with Crippen LogP contribution in [-0.4, -0.2) is 42.7 Å². The number of fused-ring (bicyclic) bond motifs is 1. The van der Waals surface area contributed by atoms with Crippen LogP contribution in [0.3, 0.4) is 0 Å². The summed E-state index contributed by atoms with van der Waals surface area (Å²) >= 11 is 6.79. The summed E-state index contributed by atoms with van der Waals surface area (Å²) in [5.41, 5.74) is 0.790. The van der Waals surface area contributed by atoms with E-state index < -0.39 is 21.7 Å². The van der Waals surface area contributed by atoms with E-state index in [2.05, 4.69) is 10.3 Å². The van der Waals surface area contributed by atoms with Gasteiger partial charge in [-0.3, -0.25) is 4.79 Å². The van der Waals surface area contributed by atoms with E-state index in [1.165, 1.54) is 36.4 Å². The largest absolute Gasteiger partial charge is 0.477 e. The number of H-pyrrole nitrogens is 1. The highest BCUT2D eigenvalue weighted by Crippen LogP contribution is 2.26. The second kappa shape index (κ2) is 7.10. The van der Waals surface area contributed by atoms with Crippen molar-refractivity contribution in [2.24, 2.45) is 0 Å². The van der Waals surface area contributed by atoms with Gasteiger partial charge in [0, 0.05) is 11.6 Å². The van der Waals surface area contributed by atoms with Gasteiger partial charge in [0.1, 0.15) is 10.6 Å². The lowest BCUT2D eigenvalue weighted by Gasteiger charge is -2.06. The second-order valence-electron chi connectivity index (χ2n) is 5.41. The third-order valence-corrected chi connectivity index (χ3v) is 6.64. The number of sulfone groups is 1. The number of hydrogen-bond donors (Lipinski definition) is 3. The molecule has 0 saturated carbocycles. The predicted octanol–water partition coefficient (Wildman–Crippen LogP) is 2.78. The Bertz CT molecular complexity index is 1050. The van der Waals surface area contributed by atoms with Gasteiger partial charge in [-0.05, 0) is 36.4 Å². The highest BCUT2D eigenvalue weighted by Gasteiger charge is 2.17. The van der Waals surface area contributed by atoms with Crippen LogP contribution in [0.4, 0.5) is 0 Å². The minimum absolute atomic E-state index is 0.0587. The third kappa shape index (κ3) is 3.90. The minimum atomic E-state index is -3.53. The van der Waals surface area contributed by atoms with Crippen LogP contribution < -0.4 is 5.32 Å². The molecule has 3 aromatic rings. The monoisotopic (exact) mass is 412 g/mol. The van der Waals surface area contributed by atoms with Crippen LogP contribution in [0.2, 0.25) is 5.02 Å². The van der Waals surface area contributed by atoms with Crippen LogP contribution in [0, 0.1) is 0 Å². The molecule has 2 aromatic heterocycles. The zero-order valence-corrected chi connectivity index (χ0v) is 15.5. The van der Waals surface area contributed by atoms with Crippen molar-refractivity contribution in [3.05, 3.63) is 52.0 Å². The molecule has 0 atom stereocenters. The quantitative estimate of drug-likeness (QED) is 0.575. The molecular formula is C16H13ClN2O5S2. The SMILES string of the molecule is O=C(NCCS(=O)(=O)c1ccc(Cl)cc1)c1cc2sc(C(=O)O)cc2[nH]1. The molecule has 0 bridgehead atoms. The van der Waals surface area contributed by atoms with Gasteiger partial charge in [0.05, 0.1) is 20.9 Å². The molecule has 3 rings (SSSR count). The molecule has 7 nitrogen and oxygen atoms in total. The smallest absolute Gasteiger partial charge is 0.345 e. The fourth-order valence-electron chi connectivity index (χ4n) is 2.30. The van der Waals surface area contributed by atoms with Gasteiger partial charge in [-0.2, -0.15) is 0 Å². The van der Waals surface area contributed by atoms with Gasteiger partial charge in [-0.15, -0.1) is 11.3 Å². The number of halogens is 1. The van der Waals surface area contributed by atoms with Crippen LogP contribution in [-0.2, 0) is 9.84 Å². The zero-order valence-electron chi connectivity index (χ0n) is 13.2. The number of carboxylic acid groups (broad SMARTS) is 1. The highest BCUT2D eigenvalue weighted by atomic mass is 35.5. The molecule has 0 saturated heterocycles. The number of benzene rings is 1. The van der Waals surface area contributed by atoms with Gasteiger partial charge in [0.25, 0.3) is 5.91 Å². The maximum absolute atomic E-state index is 12.2. The van der Waals surface area contributed by atoms with Crippen LogP contribution in [0.15, 0.2) is 41.3 Å². The Kier molecular flexibility index (Phi) is 5.03. The Morgan fingerprint density at radius 3 is 2.50 bits per heavy atom. The third-order valence-electron chi connectivity index (χ3n) is 3.59. The summed E-state index contributed by atoms with van der Waals surface area (Å²) in [4.78, 5) is 26.2. The number of amides is 1. The molecule has 0 aliphatic carbocycles. The van der Waals surface area contributed by atoms with Crippen LogP contribution in [0.1, 0.15) is 20.2 Å². The van der Waals surface area contributed by atoms with E-state index in [9.17, 15) is 18.0 Å². The first-order valence-corrected chi connectivity index (χ1v) is 10.2. The number of carboxylic acids is 1. The maximum Gasteiger partial charge on any atom is 0.345 e. The lowest BCUT2D eigenvalue weighted by molar-refractivity contribution is 0.0702. The summed E-state index contributed by atoms with van der Waals surface area (Å²) in [5, 5.41) is 11.9. The number of hydrogen-bond acceptors (Lipinski definition) is 5. The Balaban J connectivity index is 1.62. The zero-order chi connectivity index (χ0) is 18.9.